The number of carbonyl (C=O) groups excluding carboxylic acids is 1. The molecule has 6 nitrogen and oxygen atoms in total. The SMILES string of the molecule is CS(=O)(=O)NC(=O)CCn1cc(CCCOc2cccc3ccccc23)c2c(Cl)cccc21. The van der Waals surface area contributed by atoms with Crippen LogP contribution in [0.25, 0.3) is 21.7 Å². The fraction of sp³-hybridized carbons (Fsp3) is 0.240. The molecule has 4 rings (SSSR count). The van der Waals surface area contributed by atoms with Crippen LogP contribution in [0.1, 0.15) is 18.4 Å². The van der Waals surface area contributed by atoms with Gasteiger partial charge in [0.05, 0.1) is 17.9 Å². The van der Waals surface area contributed by atoms with E-state index < -0.39 is 15.9 Å². The summed E-state index contributed by atoms with van der Waals surface area (Å²) in [6.45, 7) is 0.909. The fourth-order valence-corrected chi connectivity index (χ4v) is 4.82. The molecular weight excluding hydrogens is 460 g/mol. The number of aromatic nitrogens is 1. The second kappa shape index (κ2) is 9.85. The van der Waals surface area contributed by atoms with Gasteiger partial charge in [-0.05, 0) is 42.0 Å². The van der Waals surface area contributed by atoms with Crippen LogP contribution < -0.4 is 9.46 Å². The van der Waals surface area contributed by atoms with Crippen molar-refractivity contribution in [3.05, 3.63) is 77.4 Å². The number of amides is 1. The Hall–Kier alpha value is -3.03. The summed E-state index contributed by atoms with van der Waals surface area (Å²) in [6, 6.07) is 19.8. The topological polar surface area (TPSA) is 77.4 Å². The summed E-state index contributed by atoms with van der Waals surface area (Å²) in [5.41, 5.74) is 1.99. The molecule has 1 aromatic heterocycles. The first-order valence-electron chi connectivity index (χ1n) is 10.7. The Morgan fingerprint density at radius 1 is 1.06 bits per heavy atom. The lowest BCUT2D eigenvalue weighted by Gasteiger charge is -2.09. The van der Waals surface area contributed by atoms with E-state index in [0.29, 0.717) is 18.2 Å². The number of sulfonamides is 1. The molecular formula is C25H25ClN2O4S. The Balaban J connectivity index is 1.44. The lowest BCUT2D eigenvalue weighted by atomic mass is 10.1. The summed E-state index contributed by atoms with van der Waals surface area (Å²) in [5, 5.41) is 3.83. The first kappa shape index (κ1) is 23.1. The maximum Gasteiger partial charge on any atom is 0.235 e. The molecule has 0 unspecified atom stereocenters. The maximum atomic E-state index is 11.9. The molecule has 4 aromatic rings. The molecule has 33 heavy (non-hydrogen) atoms. The van der Waals surface area contributed by atoms with Gasteiger partial charge in [0.25, 0.3) is 0 Å². The van der Waals surface area contributed by atoms with E-state index in [9.17, 15) is 13.2 Å². The van der Waals surface area contributed by atoms with Crippen LogP contribution in [0.4, 0.5) is 0 Å². The second-order valence-electron chi connectivity index (χ2n) is 7.96. The minimum Gasteiger partial charge on any atom is -0.493 e. The lowest BCUT2D eigenvalue weighted by molar-refractivity contribution is -0.119. The van der Waals surface area contributed by atoms with Crippen LogP contribution in [0.3, 0.4) is 0 Å². The van der Waals surface area contributed by atoms with Crippen molar-refractivity contribution in [2.45, 2.75) is 25.8 Å². The van der Waals surface area contributed by atoms with Crippen LogP contribution in [-0.2, 0) is 27.8 Å². The molecule has 0 saturated carbocycles. The zero-order chi connectivity index (χ0) is 23.4. The van der Waals surface area contributed by atoms with Gasteiger partial charge in [0.2, 0.25) is 15.9 Å². The summed E-state index contributed by atoms with van der Waals surface area (Å²) in [4.78, 5) is 11.9. The van der Waals surface area contributed by atoms with Crippen LogP contribution >= 0.6 is 11.6 Å². The van der Waals surface area contributed by atoms with Gasteiger partial charge in [-0.2, -0.15) is 0 Å². The van der Waals surface area contributed by atoms with Crippen LogP contribution in [0, 0.1) is 0 Å². The number of ether oxygens (including phenoxy) is 1. The van der Waals surface area contributed by atoms with E-state index in [1.807, 2.05) is 58.0 Å². The average Bonchev–Trinajstić information content (AvgIpc) is 3.13. The number of hydrogen-bond donors (Lipinski definition) is 1. The van der Waals surface area contributed by atoms with Gasteiger partial charge in [-0.3, -0.25) is 9.52 Å². The highest BCUT2D eigenvalue weighted by Gasteiger charge is 2.14. The number of hydrogen-bond acceptors (Lipinski definition) is 4. The maximum absolute atomic E-state index is 11.9. The van der Waals surface area contributed by atoms with Crippen LogP contribution in [-0.4, -0.2) is 31.8 Å². The molecule has 0 spiro atoms. The molecule has 172 valence electrons. The summed E-state index contributed by atoms with van der Waals surface area (Å²) in [5.74, 6) is 0.330. The summed E-state index contributed by atoms with van der Waals surface area (Å²) in [6.07, 6.45) is 4.55. The highest BCUT2D eigenvalue weighted by molar-refractivity contribution is 7.89. The molecule has 0 bridgehead atoms. The van der Waals surface area contributed by atoms with Crippen molar-refractivity contribution in [1.82, 2.24) is 9.29 Å². The van der Waals surface area contributed by atoms with Gasteiger partial charge in [-0.15, -0.1) is 0 Å². The van der Waals surface area contributed by atoms with Gasteiger partial charge in [0.1, 0.15) is 5.75 Å². The molecule has 0 aliphatic carbocycles. The van der Waals surface area contributed by atoms with Crippen molar-refractivity contribution in [1.29, 1.82) is 0 Å². The second-order valence-corrected chi connectivity index (χ2v) is 10.1. The van der Waals surface area contributed by atoms with E-state index in [0.717, 1.165) is 52.1 Å². The van der Waals surface area contributed by atoms with E-state index in [2.05, 4.69) is 18.2 Å². The Labute approximate surface area is 198 Å². The van der Waals surface area contributed by atoms with Gasteiger partial charge in [0, 0.05) is 35.5 Å². The number of nitrogens with one attached hydrogen (secondary N) is 1. The van der Waals surface area contributed by atoms with Crippen LogP contribution in [0.5, 0.6) is 5.75 Å². The van der Waals surface area contributed by atoms with Crippen molar-refractivity contribution >= 4 is 49.2 Å². The largest absolute Gasteiger partial charge is 0.493 e. The third-order valence-corrected chi connectivity index (χ3v) is 6.32. The number of nitrogens with zero attached hydrogens (tertiary/aromatic N) is 1. The number of fused-ring (bicyclic) bond motifs is 2. The number of halogens is 1. The minimum absolute atomic E-state index is 0.0486. The van der Waals surface area contributed by atoms with Crippen molar-refractivity contribution in [3.63, 3.8) is 0 Å². The first-order chi connectivity index (χ1) is 15.8. The van der Waals surface area contributed by atoms with Crippen LogP contribution in [0.15, 0.2) is 66.9 Å². The molecule has 0 fully saturated rings. The zero-order valence-corrected chi connectivity index (χ0v) is 19.8. The smallest absolute Gasteiger partial charge is 0.235 e. The highest BCUT2D eigenvalue weighted by Crippen LogP contribution is 2.30. The van der Waals surface area contributed by atoms with Gasteiger partial charge in [-0.1, -0.05) is 54.1 Å². The van der Waals surface area contributed by atoms with E-state index in [1.54, 1.807) is 0 Å². The molecule has 0 aliphatic rings. The minimum atomic E-state index is -3.57. The number of benzene rings is 3. The van der Waals surface area contributed by atoms with Gasteiger partial charge in [-0.25, -0.2) is 8.42 Å². The van der Waals surface area contributed by atoms with E-state index in [-0.39, 0.29) is 6.42 Å². The van der Waals surface area contributed by atoms with E-state index in [4.69, 9.17) is 16.3 Å². The van der Waals surface area contributed by atoms with Crippen molar-refractivity contribution < 1.29 is 17.9 Å². The summed E-state index contributed by atoms with van der Waals surface area (Å²) < 4.78 is 32.6. The predicted molar refractivity (Wildman–Crippen MR) is 132 cm³/mol. The molecule has 3 aromatic carbocycles. The third-order valence-electron chi connectivity index (χ3n) is 5.41. The molecule has 0 atom stereocenters. The Morgan fingerprint density at radius 3 is 2.64 bits per heavy atom. The van der Waals surface area contributed by atoms with Crippen molar-refractivity contribution in [2.24, 2.45) is 0 Å². The van der Waals surface area contributed by atoms with Gasteiger partial charge >= 0.3 is 0 Å². The Bertz CT molecular complexity index is 1410. The highest BCUT2D eigenvalue weighted by atomic mass is 35.5. The Morgan fingerprint density at radius 2 is 1.82 bits per heavy atom. The van der Waals surface area contributed by atoms with Gasteiger partial charge in [0.15, 0.2) is 0 Å². The van der Waals surface area contributed by atoms with Crippen molar-refractivity contribution in [2.75, 3.05) is 12.9 Å². The predicted octanol–water partition coefficient (Wildman–Crippen LogP) is 4.93. The van der Waals surface area contributed by atoms with E-state index in [1.165, 1.54) is 0 Å². The first-order valence-corrected chi connectivity index (χ1v) is 13.0. The molecule has 0 radical (unpaired) electrons. The normalized spacial score (nSPS) is 11.7. The van der Waals surface area contributed by atoms with E-state index >= 15 is 0 Å². The standard InChI is InChI=1S/C25H25ClN2O4S/c1-33(30,31)27-24(29)14-15-28-17-19(25-21(26)11-5-12-22(25)28)9-6-16-32-23-13-4-8-18-7-2-3-10-20(18)23/h2-5,7-8,10-13,17H,6,9,14-16H2,1H3,(H,27,29). The van der Waals surface area contributed by atoms with Crippen LogP contribution in [0.2, 0.25) is 5.02 Å². The lowest BCUT2D eigenvalue weighted by Crippen LogP contribution is -2.29. The summed E-state index contributed by atoms with van der Waals surface area (Å²) in [7, 11) is -3.57. The molecule has 0 saturated heterocycles. The molecule has 1 amide bonds. The number of carbonyl (C=O) groups is 1. The molecule has 1 N–H and O–H groups in total. The quantitative estimate of drug-likeness (QED) is 0.342. The molecule has 0 aliphatic heterocycles. The average molecular weight is 485 g/mol. The number of aryl methyl sites for hydroxylation is 2. The molecule has 8 heteroatoms. The van der Waals surface area contributed by atoms with Gasteiger partial charge < -0.3 is 9.30 Å². The monoisotopic (exact) mass is 484 g/mol. The molecule has 1 heterocycles. The van der Waals surface area contributed by atoms with Crippen molar-refractivity contribution in [3.8, 4) is 5.75 Å². The number of rotatable bonds is 9. The summed E-state index contributed by atoms with van der Waals surface area (Å²) >= 11 is 6.50. The third kappa shape index (κ3) is 5.67. The fourth-order valence-electron chi connectivity index (χ4n) is 4.01. The zero-order valence-electron chi connectivity index (χ0n) is 18.3. The Kier molecular flexibility index (Phi) is 6.91.